The molecule has 31 heavy (non-hydrogen) atoms. The number of hydrogen-bond donors (Lipinski definition) is 2. The van der Waals surface area contributed by atoms with Crippen LogP contribution in [0.25, 0.3) is 11.4 Å². The van der Waals surface area contributed by atoms with Crippen LogP contribution in [0.4, 0.5) is 10.7 Å². The van der Waals surface area contributed by atoms with Crippen LogP contribution < -0.4 is 10.6 Å². The van der Waals surface area contributed by atoms with Crippen molar-refractivity contribution in [2.45, 2.75) is 52.0 Å². The number of carbonyl (C=O) groups excluding carboxylic acids is 2. The fraction of sp³-hybridized carbons (Fsp3) is 0.391. The van der Waals surface area contributed by atoms with Crippen molar-refractivity contribution in [3.8, 4) is 11.4 Å². The smallest absolute Gasteiger partial charge is 0.266 e. The number of hydrogen-bond acceptors (Lipinski definition) is 5. The summed E-state index contributed by atoms with van der Waals surface area (Å²) >= 11 is 1.31. The van der Waals surface area contributed by atoms with Crippen LogP contribution in [0.5, 0.6) is 0 Å². The molecule has 2 N–H and O–H groups in total. The van der Waals surface area contributed by atoms with Crippen molar-refractivity contribution in [1.82, 2.24) is 14.8 Å². The molecule has 3 heterocycles. The Morgan fingerprint density at radius 3 is 2.65 bits per heavy atom. The van der Waals surface area contributed by atoms with Gasteiger partial charge < -0.3 is 15.2 Å². The van der Waals surface area contributed by atoms with Crippen LogP contribution in [0.15, 0.2) is 30.3 Å². The van der Waals surface area contributed by atoms with Gasteiger partial charge in [-0.15, -0.1) is 21.5 Å². The first-order valence-corrected chi connectivity index (χ1v) is 11.7. The molecule has 7 nitrogen and oxygen atoms in total. The van der Waals surface area contributed by atoms with Crippen LogP contribution in [-0.4, -0.2) is 26.6 Å². The third kappa shape index (κ3) is 4.25. The Hall–Kier alpha value is -3.00. The molecule has 1 aliphatic carbocycles. The number of nitrogens with one attached hydrogen (secondary N) is 2. The SMILES string of the molecule is Cc1cc(NC(=O)C2CC2)sc1C(=O)Nc1ccc(-c2nnc3n2CCCCC3)cc1. The Labute approximate surface area is 184 Å². The van der Waals surface area contributed by atoms with E-state index in [4.69, 9.17) is 0 Å². The van der Waals surface area contributed by atoms with Gasteiger partial charge in [-0.25, -0.2) is 0 Å². The summed E-state index contributed by atoms with van der Waals surface area (Å²) in [6.45, 7) is 2.84. The normalized spacial score (nSPS) is 15.8. The summed E-state index contributed by atoms with van der Waals surface area (Å²) in [7, 11) is 0. The molecule has 0 spiro atoms. The zero-order valence-electron chi connectivity index (χ0n) is 17.5. The summed E-state index contributed by atoms with van der Waals surface area (Å²) in [5.41, 5.74) is 2.58. The van der Waals surface area contributed by atoms with Gasteiger partial charge in [-0.05, 0) is 68.5 Å². The summed E-state index contributed by atoms with van der Waals surface area (Å²) in [4.78, 5) is 25.4. The molecule has 1 aromatic carbocycles. The van der Waals surface area contributed by atoms with Crippen LogP contribution in [0.2, 0.25) is 0 Å². The number of nitrogens with zero attached hydrogens (tertiary/aromatic N) is 3. The lowest BCUT2D eigenvalue weighted by Gasteiger charge is -2.08. The molecule has 5 rings (SSSR count). The van der Waals surface area contributed by atoms with E-state index in [2.05, 4.69) is 25.4 Å². The second-order valence-corrected chi connectivity index (χ2v) is 9.37. The topological polar surface area (TPSA) is 88.9 Å². The van der Waals surface area contributed by atoms with Gasteiger partial charge in [-0.3, -0.25) is 9.59 Å². The van der Waals surface area contributed by atoms with E-state index < -0.39 is 0 Å². The van der Waals surface area contributed by atoms with E-state index in [1.54, 1.807) is 0 Å². The Bertz CT molecular complexity index is 1130. The number of aryl methyl sites for hydroxylation is 2. The van der Waals surface area contributed by atoms with Crippen molar-refractivity contribution >= 4 is 33.8 Å². The minimum Gasteiger partial charge on any atom is -0.321 e. The zero-order valence-corrected chi connectivity index (χ0v) is 18.3. The van der Waals surface area contributed by atoms with Gasteiger partial charge in [0.05, 0.1) is 9.88 Å². The number of carbonyl (C=O) groups is 2. The molecule has 2 aromatic heterocycles. The summed E-state index contributed by atoms with van der Waals surface area (Å²) in [5, 5.41) is 15.4. The largest absolute Gasteiger partial charge is 0.321 e. The van der Waals surface area contributed by atoms with Gasteiger partial charge in [-0.2, -0.15) is 0 Å². The van der Waals surface area contributed by atoms with Crippen molar-refractivity contribution < 1.29 is 9.59 Å². The van der Waals surface area contributed by atoms with Gasteiger partial charge in [-0.1, -0.05) is 6.42 Å². The highest BCUT2D eigenvalue weighted by molar-refractivity contribution is 7.18. The second kappa shape index (κ2) is 8.26. The fourth-order valence-corrected chi connectivity index (χ4v) is 4.90. The van der Waals surface area contributed by atoms with Gasteiger partial charge in [0, 0.05) is 30.1 Å². The molecule has 2 amide bonds. The fourth-order valence-electron chi connectivity index (χ4n) is 3.93. The lowest BCUT2D eigenvalue weighted by atomic mass is 10.2. The van der Waals surface area contributed by atoms with Gasteiger partial charge in [0.25, 0.3) is 5.91 Å². The zero-order chi connectivity index (χ0) is 21.4. The summed E-state index contributed by atoms with van der Waals surface area (Å²) in [6, 6.07) is 9.59. The predicted octanol–water partition coefficient (Wildman–Crippen LogP) is 4.64. The minimum atomic E-state index is -0.168. The highest BCUT2D eigenvalue weighted by atomic mass is 32.1. The van der Waals surface area contributed by atoms with Crippen molar-refractivity contribution in [2.75, 3.05) is 10.6 Å². The van der Waals surface area contributed by atoms with Gasteiger partial charge in [0.2, 0.25) is 5.91 Å². The molecule has 8 heteroatoms. The van der Waals surface area contributed by atoms with E-state index in [1.165, 1.54) is 17.8 Å². The number of rotatable bonds is 5. The molecule has 2 aliphatic rings. The van der Waals surface area contributed by atoms with Gasteiger partial charge in [0.15, 0.2) is 5.82 Å². The number of benzene rings is 1. The Morgan fingerprint density at radius 1 is 1.06 bits per heavy atom. The predicted molar refractivity (Wildman–Crippen MR) is 121 cm³/mol. The quantitative estimate of drug-likeness (QED) is 0.611. The van der Waals surface area contributed by atoms with Crippen LogP contribution in [-0.2, 0) is 17.8 Å². The average Bonchev–Trinajstić information content (AvgIpc) is 3.50. The van der Waals surface area contributed by atoms with E-state index in [9.17, 15) is 9.59 Å². The Kier molecular flexibility index (Phi) is 5.31. The summed E-state index contributed by atoms with van der Waals surface area (Å²) in [5.74, 6) is 1.97. The maximum absolute atomic E-state index is 12.8. The van der Waals surface area contributed by atoms with Crippen LogP contribution in [0.1, 0.15) is 53.2 Å². The standard InChI is InChI=1S/C23H25N5O2S/c1-14-13-19(25-22(29)16-6-7-16)31-20(14)23(30)24-17-10-8-15(9-11-17)21-27-26-18-5-3-2-4-12-28(18)21/h8-11,13,16H,2-7,12H2,1H3,(H,24,30)(H,25,29). The number of aromatic nitrogens is 3. The van der Waals surface area contributed by atoms with Crippen molar-refractivity contribution in [2.24, 2.45) is 5.92 Å². The lowest BCUT2D eigenvalue weighted by molar-refractivity contribution is -0.117. The monoisotopic (exact) mass is 435 g/mol. The second-order valence-electron chi connectivity index (χ2n) is 8.32. The van der Waals surface area contributed by atoms with E-state index in [0.717, 1.165) is 72.1 Å². The first-order chi connectivity index (χ1) is 15.1. The molecule has 1 saturated carbocycles. The Balaban J connectivity index is 1.28. The van der Waals surface area contributed by atoms with Gasteiger partial charge >= 0.3 is 0 Å². The van der Waals surface area contributed by atoms with E-state index >= 15 is 0 Å². The first-order valence-electron chi connectivity index (χ1n) is 10.8. The third-order valence-electron chi connectivity index (χ3n) is 5.83. The molecule has 0 saturated heterocycles. The molecule has 3 aromatic rings. The Morgan fingerprint density at radius 2 is 1.87 bits per heavy atom. The number of thiophene rings is 1. The summed E-state index contributed by atoms with van der Waals surface area (Å²) < 4.78 is 2.22. The molecular weight excluding hydrogens is 410 g/mol. The molecule has 0 radical (unpaired) electrons. The molecule has 0 bridgehead atoms. The summed E-state index contributed by atoms with van der Waals surface area (Å²) in [6.07, 6.45) is 6.42. The van der Waals surface area contributed by atoms with Crippen molar-refractivity contribution in [3.05, 3.63) is 46.6 Å². The molecular formula is C23H25N5O2S. The highest BCUT2D eigenvalue weighted by Crippen LogP contribution is 2.33. The number of anilines is 2. The van der Waals surface area contributed by atoms with E-state index in [1.807, 2.05) is 37.3 Å². The third-order valence-corrected chi connectivity index (χ3v) is 6.98. The van der Waals surface area contributed by atoms with Crippen LogP contribution in [0.3, 0.4) is 0 Å². The van der Waals surface area contributed by atoms with E-state index in [0.29, 0.717) is 4.88 Å². The highest BCUT2D eigenvalue weighted by Gasteiger charge is 2.30. The van der Waals surface area contributed by atoms with Crippen LogP contribution >= 0.6 is 11.3 Å². The molecule has 0 unspecified atom stereocenters. The maximum Gasteiger partial charge on any atom is 0.266 e. The molecule has 1 aliphatic heterocycles. The number of amides is 2. The molecule has 160 valence electrons. The number of fused-ring (bicyclic) bond motifs is 1. The van der Waals surface area contributed by atoms with Crippen molar-refractivity contribution in [1.29, 1.82) is 0 Å². The first kappa shape index (κ1) is 19.9. The molecule has 0 atom stereocenters. The van der Waals surface area contributed by atoms with E-state index in [-0.39, 0.29) is 17.7 Å². The maximum atomic E-state index is 12.8. The van der Waals surface area contributed by atoms with Gasteiger partial charge in [0.1, 0.15) is 5.82 Å². The molecule has 1 fully saturated rings. The van der Waals surface area contributed by atoms with Crippen LogP contribution in [0, 0.1) is 12.8 Å². The average molecular weight is 436 g/mol. The van der Waals surface area contributed by atoms with Crippen molar-refractivity contribution in [3.63, 3.8) is 0 Å². The minimum absolute atomic E-state index is 0.0511. The lowest BCUT2D eigenvalue weighted by Crippen LogP contribution is -2.12.